The van der Waals surface area contributed by atoms with Crippen molar-refractivity contribution in [3.05, 3.63) is 52.1 Å². The van der Waals surface area contributed by atoms with Crippen LogP contribution in [0.3, 0.4) is 0 Å². The monoisotopic (exact) mass is 509 g/mol. The number of benzene rings is 1. The SMILES string of the molecule is C=C1C(=O)[C@@]23C(=O)OC[C@]4(C(=O)CCC(C)(C)[C@H]4C=O)[C@@H]2CC[C@@H]1[C@H]3OC(=O)c1ccc([N+](=O)[O-])cc1. The van der Waals surface area contributed by atoms with Gasteiger partial charge >= 0.3 is 11.9 Å². The number of Topliss-reactive ketones (excluding diaryl/α,β-unsaturated/α-hetero) is 2. The number of ketones is 2. The van der Waals surface area contributed by atoms with Crippen molar-refractivity contribution in [3.8, 4) is 0 Å². The zero-order valence-electron chi connectivity index (χ0n) is 20.6. The van der Waals surface area contributed by atoms with Crippen LogP contribution in [0.15, 0.2) is 36.4 Å². The van der Waals surface area contributed by atoms with Gasteiger partial charge in [-0.3, -0.25) is 24.5 Å². The second kappa shape index (κ2) is 8.16. The second-order valence-corrected chi connectivity index (χ2v) is 11.2. The molecule has 0 amide bonds. The molecule has 1 heterocycles. The van der Waals surface area contributed by atoms with E-state index in [0.29, 0.717) is 19.3 Å². The lowest BCUT2D eigenvalue weighted by molar-refractivity contribution is -0.384. The Balaban J connectivity index is 1.61. The number of cyclic esters (lactones) is 1. The molecule has 6 atom stereocenters. The lowest BCUT2D eigenvalue weighted by Gasteiger charge is -2.59. The number of carbonyl (C=O) groups is 5. The molecular weight excluding hydrogens is 482 g/mol. The van der Waals surface area contributed by atoms with Gasteiger partial charge in [0, 0.05) is 36.3 Å². The van der Waals surface area contributed by atoms with E-state index in [4.69, 9.17) is 9.47 Å². The fraction of sp³-hybridized carbons (Fsp3) is 0.519. The number of nitro benzene ring substituents is 1. The van der Waals surface area contributed by atoms with Gasteiger partial charge in [-0.25, -0.2) is 4.79 Å². The number of ether oxygens (including phenoxy) is 2. The molecule has 10 heteroatoms. The summed E-state index contributed by atoms with van der Waals surface area (Å²) in [7, 11) is 0. The van der Waals surface area contributed by atoms with E-state index in [1.165, 1.54) is 12.1 Å². The summed E-state index contributed by atoms with van der Waals surface area (Å²) < 4.78 is 11.4. The highest BCUT2D eigenvalue weighted by atomic mass is 16.6. The smallest absolute Gasteiger partial charge is 0.338 e. The minimum atomic E-state index is -1.99. The number of aldehydes is 1. The Labute approximate surface area is 212 Å². The van der Waals surface area contributed by atoms with E-state index in [1.54, 1.807) is 0 Å². The first-order valence-electron chi connectivity index (χ1n) is 12.3. The van der Waals surface area contributed by atoms with Gasteiger partial charge in [0.1, 0.15) is 24.8 Å². The molecule has 1 aromatic rings. The Morgan fingerprint density at radius 1 is 1.19 bits per heavy atom. The molecule has 194 valence electrons. The fourth-order valence-corrected chi connectivity index (χ4v) is 7.40. The molecule has 0 N–H and O–H groups in total. The van der Waals surface area contributed by atoms with E-state index in [1.807, 2.05) is 13.8 Å². The van der Waals surface area contributed by atoms with E-state index in [-0.39, 0.29) is 35.6 Å². The molecule has 37 heavy (non-hydrogen) atoms. The Morgan fingerprint density at radius 2 is 1.86 bits per heavy atom. The zero-order valence-corrected chi connectivity index (χ0v) is 20.6. The van der Waals surface area contributed by atoms with Crippen LogP contribution in [0.2, 0.25) is 0 Å². The zero-order chi connectivity index (χ0) is 26.9. The largest absolute Gasteiger partial charge is 0.464 e. The van der Waals surface area contributed by atoms with E-state index in [0.717, 1.165) is 18.4 Å². The molecule has 0 unspecified atom stereocenters. The molecule has 1 saturated heterocycles. The van der Waals surface area contributed by atoms with Crippen molar-refractivity contribution in [2.45, 2.75) is 45.6 Å². The number of fused-ring (bicyclic) bond motifs is 2. The lowest BCUT2D eigenvalue weighted by Crippen LogP contribution is -2.70. The maximum Gasteiger partial charge on any atom is 0.338 e. The number of rotatable bonds is 4. The van der Waals surface area contributed by atoms with Crippen LogP contribution in [0.25, 0.3) is 0 Å². The van der Waals surface area contributed by atoms with Gasteiger partial charge < -0.3 is 14.3 Å². The molecule has 5 rings (SSSR count). The molecule has 1 aromatic carbocycles. The summed E-state index contributed by atoms with van der Waals surface area (Å²) in [5.74, 6) is -4.96. The topological polar surface area (TPSA) is 147 Å². The van der Waals surface area contributed by atoms with Crippen LogP contribution in [0.4, 0.5) is 5.69 Å². The Hall–Kier alpha value is -3.69. The van der Waals surface area contributed by atoms with Gasteiger partial charge in [-0.1, -0.05) is 20.4 Å². The molecule has 2 spiro atoms. The van der Waals surface area contributed by atoms with Gasteiger partial charge in [0.15, 0.2) is 11.2 Å². The maximum absolute atomic E-state index is 13.8. The standard InChI is InChI=1S/C27H27NO9/c1-14-17-8-9-18-26(19(12-29)25(2,3)11-10-20(26)30)13-36-24(33)27(18,21(14)31)22(17)37-23(32)15-4-6-16(7-5-15)28(34)35/h4-7,12,17-19,22H,1,8-11,13H2,2-3H3/t17-,18-,19+,22+,26-,27-/m0/s1. The van der Waals surface area contributed by atoms with E-state index >= 15 is 0 Å². The molecule has 4 aliphatic rings. The third-order valence-electron chi connectivity index (χ3n) is 9.24. The highest BCUT2D eigenvalue weighted by Gasteiger charge is 2.78. The summed E-state index contributed by atoms with van der Waals surface area (Å²) in [6.07, 6.45) is 0.747. The van der Waals surface area contributed by atoms with Crippen LogP contribution >= 0.6 is 0 Å². The number of carbonyl (C=O) groups excluding carboxylic acids is 5. The van der Waals surface area contributed by atoms with Crippen molar-refractivity contribution in [2.24, 2.45) is 34.0 Å². The minimum Gasteiger partial charge on any atom is -0.464 e. The highest BCUT2D eigenvalue weighted by molar-refractivity contribution is 6.17. The van der Waals surface area contributed by atoms with Gasteiger partial charge in [-0.2, -0.15) is 0 Å². The molecule has 2 bridgehead atoms. The van der Waals surface area contributed by atoms with Crippen molar-refractivity contribution >= 4 is 35.5 Å². The van der Waals surface area contributed by atoms with Crippen molar-refractivity contribution in [1.82, 2.24) is 0 Å². The summed E-state index contributed by atoms with van der Waals surface area (Å²) in [5.41, 5.74) is -4.07. The lowest BCUT2D eigenvalue weighted by atomic mass is 9.44. The first kappa shape index (κ1) is 25.0. The molecule has 0 radical (unpaired) electrons. The number of hydrogen-bond donors (Lipinski definition) is 0. The van der Waals surface area contributed by atoms with E-state index in [2.05, 4.69) is 6.58 Å². The normalized spacial score (nSPS) is 36.1. The average Bonchev–Trinajstić information content (AvgIpc) is 2.98. The fourth-order valence-electron chi connectivity index (χ4n) is 7.40. The molecule has 3 saturated carbocycles. The Morgan fingerprint density at radius 3 is 2.49 bits per heavy atom. The number of nitrogens with zero attached hydrogens (tertiary/aromatic N) is 1. The molecule has 10 nitrogen and oxygen atoms in total. The molecule has 4 fully saturated rings. The third-order valence-corrected chi connectivity index (χ3v) is 9.24. The van der Waals surface area contributed by atoms with Crippen LogP contribution < -0.4 is 0 Å². The first-order chi connectivity index (χ1) is 17.4. The number of non-ortho nitro benzene ring substituents is 1. The quantitative estimate of drug-likeness (QED) is 0.149. The molecule has 3 aliphatic carbocycles. The summed E-state index contributed by atoms with van der Waals surface area (Å²) in [6.45, 7) is 7.36. The van der Waals surface area contributed by atoms with Crippen LogP contribution in [0, 0.1) is 44.1 Å². The minimum absolute atomic E-state index is 0.00104. The van der Waals surface area contributed by atoms with Crippen LogP contribution in [-0.2, 0) is 28.7 Å². The number of esters is 2. The molecule has 1 aliphatic heterocycles. The summed E-state index contributed by atoms with van der Waals surface area (Å²) in [5, 5.41) is 11.0. The Bertz CT molecular complexity index is 1260. The van der Waals surface area contributed by atoms with Gasteiger partial charge in [-0.15, -0.1) is 0 Å². The average molecular weight is 510 g/mol. The van der Waals surface area contributed by atoms with Crippen molar-refractivity contribution < 1.29 is 38.4 Å². The third kappa shape index (κ3) is 3.13. The van der Waals surface area contributed by atoms with Gasteiger partial charge in [0.05, 0.1) is 15.9 Å². The Kier molecular flexibility index (Phi) is 5.51. The van der Waals surface area contributed by atoms with Crippen molar-refractivity contribution in [3.63, 3.8) is 0 Å². The van der Waals surface area contributed by atoms with E-state index < -0.39 is 62.7 Å². The van der Waals surface area contributed by atoms with Crippen LogP contribution in [0.1, 0.15) is 49.9 Å². The molecular formula is C27H27NO9. The number of hydrogen-bond acceptors (Lipinski definition) is 9. The summed E-state index contributed by atoms with van der Waals surface area (Å²) >= 11 is 0. The van der Waals surface area contributed by atoms with Gasteiger partial charge in [-0.05, 0) is 42.4 Å². The predicted octanol–water partition coefficient (Wildman–Crippen LogP) is 3.02. The summed E-state index contributed by atoms with van der Waals surface area (Å²) in [4.78, 5) is 77.0. The summed E-state index contributed by atoms with van der Waals surface area (Å²) in [6, 6.07) is 4.76. The van der Waals surface area contributed by atoms with Crippen LogP contribution in [0.5, 0.6) is 0 Å². The highest BCUT2D eigenvalue weighted by Crippen LogP contribution is 2.67. The van der Waals surface area contributed by atoms with Gasteiger partial charge in [0.2, 0.25) is 0 Å². The van der Waals surface area contributed by atoms with Gasteiger partial charge in [0.25, 0.3) is 5.69 Å². The maximum atomic E-state index is 13.8. The van der Waals surface area contributed by atoms with Crippen molar-refractivity contribution in [2.75, 3.05) is 6.61 Å². The second-order valence-electron chi connectivity index (χ2n) is 11.2. The predicted molar refractivity (Wildman–Crippen MR) is 126 cm³/mol. The van der Waals surface area contributed by atoms with Crippen molar-refractivity contribution in [1.29, 1.82) is 0 Å². The first-order valence-corrected chi connectivity index (χ1v) is 12.3. The van der Waals surface area contributed by atoms with Crippen LogP contribution in [-0.4, -0.2) is 47.4 Å². The molecule has 0 aromatic heterocycles. The number of nitro groups is 1. The van der Waals surface area contributed by atoms with E-state index in [9.17, 15) is 34.1 Å².